The minimum Gasteiger partial charge on any atom is -0.490 e. The van der Waals surface area contributed by atoms with E-state index in [1.165, 1.54) is 62.8 Å². The van der Waals surface area contributed by atoms with Gasteiger partial charge in [-0.3, -0.25) is 0 Å². The van der Waals surface area contributed by atoms with Gasteiger partial charge in [0.05, 0.1) is 5.52 Å². The van der Waals surface area contributed by atoms with Gasteiger partial charge in [-0.25, -0.2) is 0 Å². The Kier molecular flexibility index (Phi) is 5.51. The highest BCUT2D eigenvalue weighted by Crippen LogP contribution is 2.29. The largest absolute Gasteiger partial charge is 0.490 e. The second-order valence-corrected chi connectivity index (χ2v) is 8.19. The van der Waals surface area contributed by atoms with Crippen LogP contribution in [0.3, 0.4) is 0 Å². The second-order valence-electron chi connectivity index (χ2n) is 8.19. The second kappa shape index (κ2) is 8.01. The summed E-state index contributed by atoms with van der Waals surface area (Å²) >= 11 is 0. The molecule has 4 nitrogen and oxygen atoms in total. The average Bonchev–Trinajstić information content (AvgIpc) is 3.05. The van der Waals surface area contributed by atoms with Crippen molar-refractivity contribution >= 4 is 10.9 Å². The van der Waals surface area contributed by atoms with E-state index in [1.807, 2.05) is 0 Å². The molecule has 0 aliphatic carbocycles. The van der Waals surface area contributed by atoms with Crippen molar-refractivity contribution in [2.24, 2.45) is 7.05 Å². The summed E-state index contributed by atoms with van der Waals surface area (Å²) in [6.45, 7) is 4.87. The van der Waals surface area contributed by atoms with Crippen LogP contribution in [0.2, 0.25) is 0 Å². The minimum absolute atomic E-state index is 0.356. The molecule has 2 aliphatic rings. The molecule has 2 fully saturated rings. The Balaban J connectivity index is 1.27. The van der Waals surface area contributed by atoms with Gasteiger partial charge < -0.3 is 19.1 Å². The van der Waals surface area contributed by atoms with Gasteiger partial charge in [0.25, 0.3) is 0 Å². The van der Waals surface area contributed by atoms with Gasteiger partial charge in [-0.05, 0) is 70.4 Å². The highest BCUT2D eigenvalue weighted by Gasteiger charge is 2.24. The molecule has 4 rings (SSSR count). The molecule has 2 aromatic rings. The van der Waals surface area contributed by atoms with Crippen LogP contribution in [0.4, 0.5) is 0 Å². The Morgan fingerprint density at radius 3 is 2.65 bits per heavy atom. The number of rotatable bonds is 5. The summed E-state index contributed by atoms with van der Waals surface area (Å²) in [6, 6.07) is 9.35. The zero-order valence-corrected chi connectivity index (χ0v) is 16.4. The first-order valence-electron chi connectivity index (χ1n) is 10.3. The van der Waals surface area contributed by atoms with E-state index in [0.29, 0.717) is 6.10 Å². The Bertz CT molecular complexity index is 717. The van der Waals surface area contributed by atoms with Crippen LogP contribution >= 0.6 is 0 Å². The van der Waals surface area contributed by atoms with Crippen LogP contribution in [-0.2, 0) is 7.05 Å². The van der Waals surface area contributed by atoms with Crippen LogP contribution in [0.25, 0.3) is 10.9 Å². The first-order valence-corrected chi connectivity index (χ1v) is 10.3. The Labute approximate surface area is 157 Å². The number of benzene rings is 1. The molecule has 1 aromatic heterocycles. The van der Waals surface area contributed by atoms with Crippen molar-refractivity contribution in [2.75, 3.05) is 33.2 Å². The van der Waals surface area contributed by atoms with Gasteiger partial charge in [0.2, 0.25) is 0 Å². The van der Waals surface area contributed by atoms with Crippen LogP contribution < -0.4 is 4.74 Å². The van der Waals surface area contributed by atoms with Crippen molar-refractivity contribution in [1.29, 1.82) is 0 Å². The van der Waals surface area contributed by atoms with E-state index in [2.05, 4.69) is 58.9 Å². The molecule has 0 N–H and O–H groups in total. The highest BCUT2D eigenvalue weighted by atomic mass is 16.5. The maximum absolute atomic E-state index is 6.39. The van der Waals surface area contributed by atoms with Crippen molar-refractivity contribution in [3.8, 4) is 5.75 Å². The van der Waals surface area contributed by atoms with Gasteiger partial charge in [-0.15, -0.1) is 0 Å². The van der Waals surface area contributed by atoms with E-state index >= 15 is 0 Å². The third-order valence-corrected chi connectivity index (χ3v) is 6.42. The molecule has 3 heterocycles. The van der Waals surface area contributed by atoms with Crippen LogP contribution in [0.15, 0.2) is 30.5 Å². The van der Waals surface area contributed by atoms with Gasteiger partial charge in [0, 0.05) is 37.8 Å². The van der Waals surface area contributed by atoms with Crippen LogP contribution in [0.1, 0.15) is 38.5 Å². The summed E-state index contributed by atoms with van der Waals surface area (Å²) in [6.07, 6.45) is 10.3. The topological polar surface area (TPSA) is 20.6 Å². The lowest BCUT2D eigenvalue weighted by Crippen LogP contribution is -2.42. The summed E-state index contributed by atoms with van der Waals surface area (Å²) in [4.78, 5) is 5.21. The number of likely N-dealkylation sites (tertiary alicyclic amines) is 2. The number of nitrogens with zero attached hydrogens (tertiary/aromatic N) is 3. The number of aromatic nitrogens is 1. The van der Waals surface area contributed by atoms with Gasteiger partial charge in [0.1, 0.15) is 11.9 Å². The fraction of sp³-hybridized carbons (Fsp3) is 0.636. The number of piperidine rings is 2. The zero-order chi connectivity index (χ0) is 17.9. The molecule has 142 valence electrons. The van der Waals surface area contributed by atoms with E-state index in [1.54, 1.807) is 0 Å². The van der Waals surface area contributed by atoms with Gasteiger partial charge in [-0.1, -0.05) is 12.5 Å². The van der Waals surface area contributed by atoms with Gasteiger partial charge in [-0.2, -0.15) is 0 Å². The Hall–Kier alpha value is -1.52. The Morgan fingerprint density at radius 2 is 1.85 bits per heavy atom. The normalized spacial score (nSPS) is 23.5. The lowest BCUT2D eigenvalue weighted by atomic mass is 9.99. The van der Waals surface area contributed by atoms with Crippen molar-refractivity contribution in [2.45, 2.75) is 50.7 Å². The summed E-state index contributed by atoms with van der Waals surface area (Å²) in [5.74, 6) is 1.05. The Morgan fingerprint density at radius 1 is 1.00 bits per heavy atom. The first kappa shape index (κ1) is 17.9. The van der Waals surface area contributed by atoms with E-state index < -0.39 is 0 Å². The highest BCUT2D eigenvalue weighted by molar-refractivity contribution is 5.86. The zero-order valence-electron chi connectivity index (χ0n) is 16.4. The molecule has 1 atom stereocenters. The summed E-state index contributed by atoms with van der Waals surface area (Å²) in [7, 11) is 4.39. The smallest absolute Gasteiger partial charge is 0.129 e. The molecule has 0 amide bonds. The monoisotopic (exact) mass is 355 g/mol. The predicted molar refractivity (Wildman–Crippen MR) is 108 cm³/mol. The lowest BCUT2D eigenvalue weighted by molar-refractivity contribution is 0.0900. The first-order chi connectivity index (χ1) is 12.7. The molecule has 1 aromatic carbocycles. The molecule has 0 spiro atoms. The van der Waals surface area contributed by atoms with Crippen LogP contribution in [0.5, 0.6) is 5.75 Å². The molecule has 1 unspecified atom stereocenters. The predicted octanol–water partition coefficient (Wildman–Crippen LogP) is 3.90. The van der Waals surface area contributed by atoms with E-state index in [9.17, 15) is 0 Å². The fourth-order valence-corrected chi connectivity index (χ4v) is 4.65. The quantitative estimate of drug-likeness (QED) is 0.811. The average molecular weight is 356 g/mol. The van der Waals surface area contributed by atoms with Crippen molar-refractivity contribution in [3.05, 3.63) is 30.5 Å². The molecule has 4 heteroatoms. The van der Waals surface area contributed by atoms with Gasteiger partial charge >= 0.3 is 0 Å². The van der Waals surface area contributed by atoms with Crippen molar-refractivity contribution in [3.63, 3.8) is 0 Å². The van der Waals surface area contributed by atoms with E-state index in [4.69, 9.17) is 4.74 Å². The SMILES string of the molecule is CN1CCCCC1CCN1CCC(Oc2cccc3c2ccn3C)CC1. The standard InChI is InChI=1S/C22H33N3O/c1-23-13-4-3-6-18(23)9-15-25-16-10-19(11-17-25)26-22-8-5-7-21-20(22)12-14-24(21)2/h5,7-8,12,14,18-19H,3-4,6,9-11,13,15-17H2,1-2H3. The summed E-state index contributed by atoms with van der Waals surface area (Å²) in [5.41, 5.74) is 1.25. The van der Waals surface area contributed by atoms with Crippen molar-refractivity contribution < 1.29 is 4.74 Å². The number of aryl methyl sites for hydroxylation is 1. The van der Waals surface area contributed by atoms with E-state index in [0.717, 1.165) is 24.6 Å². The molecule has 26 heavy (non-hydrogen) atoms. The third-order valence-electron chi connectivity index (χ3n) is 6.42. The number of hydrogen-bond acceptors (Lipinski definition) is 3. The fourth-order valence-electron chi connectivity index (χ4n) is 4.65. The molecule has 2 saturated heterocycles. The number of ether oxygens (including phenoxy) is 1. The van der Waals surface area contributed by atoms with Crippen LogP contribution in [-0.4, -0.2) is 59.7 Å². The van der Waals surface area contributed by atoms with Crippen molar-refractivity contribution in [1.82, 2.24) is 14.4 Å². The maximum Gasteiger partial charge on any atom is 0.129 e. The summed E-state index contributed by atoms with van der Waals surface area (Å²) < 4.78 is 8.55. The molecule has 0 bridgehead atoms. The van der Waals surface area contributed by atoms with Gasteiger partial charge in [0.15, 0.2) is 0 Å². The number of fused-ring (bicyclic) bond motifs is 1. The minimum atomic E-state index is 0.356. The molecule has 2 aliphatic heterocycles. The molecular formula is C22H33N3O. The summed E-state index contributed by atoms with van der Waals surface area (Å²) in [5, 5.41) is 1.23. The third kappa shape index (κ3) is 3.91. The molecular weight excluding hydrogens is 322 g/mol. The lowest BCUT2D eigenvalue weighted by Gasteiger charge is -2.36. The van der Waals surface area contributed by atoms with E-state index in [-0.39, 0.29) is 0 Å². The molecule has 0 radical (unpaired) electrons. The van der Waals surface area contributed by atoms with Crippen LogP contribution in [0, 0.1) is 0 Å². The number of hydrogen-bond donors (Lipinski definition) is 0. The molecule has 0 saturated carbocycles. The maximum atomic E-state index is 6.39.